The van der Waals surface area contributed by atoms with Gasteiger partial charge in [-0.3, -0.25) is 4.99 Å². The van der Waals surface area contributed by atoms with Crippen LogP contribution in [0.3, 0.4) is 0 Å². The molecule has 0 bridgehead atoms. The van der Waals surface area contributed by atoms with Gasteiger partial charge in [-0.1, -0.05) is 41.4 Å². The average Bonchev–Trinajstić information content (AvgIpc) is 3.15. The summed E-state index contributed by atoms with van der Waals surface area (Å²) in [5, 5.41) is 17.8. The van der Waals surface area contributed by atoms with Crippen LogP contribution in [0.1, 0.15) is 30.6 Å². The highest BCUT2D eigenvalue weighted by atomic mass is 35.5. The molecule has 1 aliphatic heterocycles. The lowest BCUT2D eigenvalue weighted by Crippen LogP contribution is -2.44. The Morgan fingerprint density at radius 1 is 1.36 bits per heavy atom. The molecule has 0 amide bonds. The molecular weight excluding hydrogens is 374 g/mol. The Morgan fingerprint density at radius 2 is 2.14 bits per heavy atom. The van der Waals surface area contributed by atoms with Crippen molar-refractivity contribution in [3.05, 3.63) is 58.7 Å². The molecule has 3 N–H and O–H groups in total. The maximum atomic E-state index is 10.4. The van der Waals surface area contributed by atoms with Crippen LogP contribution in [0, 0.1) is 6.92 Å². The first-order chi connectivity index (χ1) is 13.6. The Balaban J connectivity index is 1.59. The normalized spacial score (nSPS) is 18.2. The number of aromatic nitrogens is 1. The Labute approximate surface area is 171 Å². The van der Waals surface area contributed by atoms with E-state index in [1.54, 1.807) is 6.20 Å². The van der Waals surface area contributed by atoms with E-state index in [0.29, 0.717) is 17.5 Å². The predicted octanol–water partition coefficient (Wildman–Crippen LogP) is 2.91. The van der Waals surface area contributed by atoms with Crippen molar-refractivity contribution in [3.63, 3.8) is 0 Å². The first kappa shape index (κ1) is 20.4. The quantitative estimate of drug-likeness (QED) is 0.512. The van der Waals surface area contributed by atoms with Gasteiger partial charge in [0, 0.05) is 31.9 Å². The van der Waals surface area contributed by atoms with Crippen LogP contribution in [-0.2, 0) is 0 Å². The molecule has 2 atom stereocenters. The minimum absolute atomic E-state index is 0.243. The van der Waals surface area contributed by atoms with Crippen LogP contribution in [0.2, 0.25) is 5.02 Å². The second-order valence-electron chi connectivity index (χ2n) is 7.03. The number of hydrogen-bond acceptors (Lipinski definition) is 4. The number of aryl methyl sites for hydroxylation is 1. The minimum atomic E-state index is -0.622. The molecule has 1 fully saturated rings. The van der Waals surface area contributed by atoms with Crippen LogP contribution in [-0.4, -0.2) is 48.3 Å². The summed E-state index contributed by atoms with van der Waals surface area (Å²) in [6, 6.07) is 11.8. The van der Waals surface area contributed by atoms with Crippen LogP contribution in [0.4, 0.5) is 5.82 Å². The molecule has 7 heteroatoms. The highest BCUT2D eigenvalue weighted by molar-refractivity contribution is 6.32. The number of nitrogens with zero attached hydrogens (tertiary/aromatic N) is 3. The lowest BCUT2D eigenvalue weighted by atomic mass is 10.1. The zero-order chi connectivity index (χ0) is 19.9. The molecule has 2 unspecified atom stereocenters. The third kappa shape index (κ3) is 5.36. The standard InChI is InChI=1S/C21H28ClN5O/c1-3-23-21(25-13-19(28)16-8-6-15(2)7-9-16)26-17-10-12-27(14-17)20-18(22)5-4-11-24-20/h4-9,11,17,19,28H,3,10,12-14H2,1-2H3,(H2,23,25,26). The summed E-state index contributed by atoms with van der Waals surface area (Å²) >= 11 is 6.27. The second-order valence-corrected chi connectivity index (χ2v) is 7.44. The van der Waals surface area contributed by atoms with Crippen LogP contribution < -0.4 is 15.5 Å². The van der Waals surface area contributed by atoms with E-state index in [-0.39, 0.29) is 6.04 Å². The molecule has 0 aliphatic carbocycles. The SMILES string of the molecule is CCNC(=NCC(O)c1ccc(C)cc1)NC1CCN(c2ncccc2Cl)C1. The van der Waals surface area contributed by atoms with E-state index in [2.05, 4.69) is 25.5 Å². The maximum absolute atomic E-state index is 10.4. The van der Waals surface area contributed by atoms with E-state index in [4.69, 9.17) is 11.6 Å². The lowest BCUT2D eigenvalue weighted by molar-refractivity contribution is 0.187. The summed E-state index contributed by atoms with van der Waals surface area (Å²) in [5.74, 6) is 1.54. The van der Waals surface area contributed by atoms with Crippen molar-refractivity contribution in [1.82, 2.24) is 15.6 Å². The molecule has 2 aromatic rings. The van der Waals surface area contributed by atoms with E-state index < -0.39 is 6.10 Å². The van der Waals surface area contributed by atoms with Crippen molar-refractivity contribution in [1.29, 1.82) is 0 Å². The number of aliphatic imine (C=N–C) groups is 1. The topological polar surface area (TPSA) is 72.8 Å². The fraction of sp³-hybridized carbons (Fsp3) is 0.429. The number of rotatable bonds is 6. The molecule has 0 spiro atoms. The number of guanidine groups is 1. The van der Waals surface area contributed by atoms with Crippen molar-refractivity contribution in [3.8, 4) is 0 Å². The molecule has 3 rings (SSSR count). The van der Waals surface area contributed by atoms with Crippen LogP contribution in [0.5, 0.6) is 0 Å². The first-order valence-electron chi connectivity index (χ1n) is 9.71. The van der Waals surface area contributed by atoms with Gasteiger partial charge in [-0.25, -0.2) is 4.98 Å². The molecule has 1 saturated heterocycles. The second kappa shape index (κ2) is 9.75. The van der Waals surface area contributed by atoms with Gasteiger partial charge >= 0.3 is 0 Å². The molecule has 1 aromatic carbocycles. The summed E-state index contributed by atoms with van der Waals surface area (Å²) in [7, 11) is 0. The summed E-state index contributed by atoms with van der Waals surface area (Å²) in [6.07, 6.45) is 2.11. The third-order valence-electron chi connectivity index (χ3n) is 4.80. The molecule has 28 heavy (non-hydrogen) atoms. The average molecular weight is 402 g/mol. The van der Waals surface area contributed by atoms with Gasteiger partial charge in [0.2, 0.25) is 0 Å². The lowest BCUT2D eigenvalue weighted by Gasteiger charge is -2.20. The number of aliphatic hydroxyl groups excluding tert-OH is 1. The van der Waals surface area contributed by atoms with Crippen molar-refractivity contribution in [2.24, 2.45) is 4.99 Å². The Hall–Kier alpha value is -2.31. The van der Waals surface area contributed by atoms with Gasteiger partial charge in [-0.15, -0.1) is 0 Å². The van der Waals surface area contributed by atoms with E-state index in [0.717, 1.165) is 37.4 Å². The monoisotopic (exact) mass is 401 g/mol. The molecule has 1 aromatic heterocycles. The number of hydrogen-bond donors (Lipinski definition) is 3. The molecule has 0 radical (unpaired) electrons. The van der Waals surface area contributed by atoms with Gasteiger partial charge < -0.3 is 20.6 Å². The van der Waals surface area contributed by atoms with E-state index in [1.807, 2.05) is 50.2 Å². The van der Waals surface area contributed by atoms with Crippen LogP contribution >= 0.6 is 11.6 Å². The zero-order valence-corrected chi connectivity index (χ0v) is 17.2. The molecule has 1 aliphatic rings. The highest BCUT2D eigenvalue weighted by Gasteiger charge is 2.25. The number of halogens is 1. The molecule has 2 heterocycles. The summed E-state index contributed by atoms with van der Waals surface area (Å²) in [4.78, 5) is 11.2. The van der Waals surface area contributed by atoms with E-state index >= 15 is 0 Å². The van der Waals surface area contributed by atoms with Crippen LogP contribution in [0.25, 0.3) is 0 Å². The predicted molar refractivity (Wildman–Crippen MR) is 115 cm³/mol. The van der Waals surface area contributed by atoms with Crippen molar-refractivity contribution in [2.45, 2.75) is 32.4 Å². The van der Waals surface area contributed by atoms with E-state index in [9.17, 15) is 5.11 Å². The number of nitrogens with one attached hydrogen (secondary N) is 2. The maximum Gasteiger partial charge on any atom is 0.191 e. The van der Waals surface area contributed by atoms with Gasteiger partial charge in [-0.05, 0) is 38.0 Å². The number of aliphatic hydroxyl groups is 1. The highest BCUT2D eigenvalue weighted by Crippen LogP contribution is 2.25. The first-order valence-corrected chi connectivity index (χ1v) is 10.1. The molecule has 150 valence electrons. The summed E-state index contributed by atoms with van der Waals surface area (Å²) in [6.45, 7) is 6.82. The Bertz CT molecular complexity index is 796. The Morgan fingerprint density at radius 3 is 2.86 bits per heavy atom. The van der Waals surface area contributed by atoms with Crippen LogP contribution in [0.15, 0.2) is 47.6 Å². The smallest absolute Gasteiger partial charge is 0.191 e. The largest absolute Gasteiger partial charge is 0.386 e. The third-order valence-corrected chi connectivity index (χ3v) is 5.09. The van der Waals surface area contributed by atoms with Gasteiger partial charge in [0.25, 0.3) is 0 Å². The van der Waals surface area contributed by atoms with Crippen molar-refractivity contribution >= 4 is 23.4 Å². The number of anilines is 1. The minimum Gasteiger partial charge on any atom is -0.386 e. The van der Waals surface area contributed by atoms with Gasteiger partial charge in [0.1, 0.15) is 5.82 Å². The fourth-order valence-electron chi connectivity index (χ4n) is 3.27. The molecule has 0 saturated carbocycles. The zero-order valence-electron chi connectivity index (χ0n) is 16.4. The van der Waals surface area contributed by atoms with Gasteiger partial charge in [-0.2, -0.15) is 0 Å². The van der Waals surface area contributed by atoms with Crippen molar-refractivity contribution < 1.29 is 5.11 Å². The van der Waals surface area contributed by atoms with Gasteiger partial charge in [0.05, 0.1) is 17.7 Å². The molecular formula is C21H28ClN5O. The van der Waals surface area contributed by atoms with Gasteiger partial charge in [0.15, 0.2) is 5.96 Å². The summed E-state index contributed by atoms with van der Waals surface area (Å²) in [5.41, 5.74) is 2.05. The number of benzene rings is 1. The summed E-state index contributed by atoms with van der Waals surface area (Å²) < 4.78 is 0. The number of pyridine rings is 1. The molecule has 6 nitrogen and oxygen atoms in total. The Kier molecular flexibility index (Phi) is 7.12. The van der Waals surface area contributed by atoms with E-state index in [1.165, 1.54) is 5.56 Å². The van der Waals surface area contributed by atoms with Crippen molar-refractivity contribution in [2.75, 3.05) is 31.1 Å². The fourth-order valence-corrected chi connectivity index (χ4v) is 3.51.